The van der Waals surface area contributed by atoms with Crippen molar-refractivity contribution in [3.8, 4) is 6.07 Å². The number of methoxy groups -OCH3 is 1. The molecule has 1 aliphatic heterocycles. The third-order valence-corrected chi connectivity index (χ3v) is 4.05. The fraction of sp³-hybridized carbons (Fsp3) is 0.588. The largest absolute Gasteiger partial charge is 0.383 e. The molecule has 1 aromatic carbocycles. The van der Waals surface area contributed by atoms with E-state index in [0.29, 0.717) is 12.6 Å². The van der Waals surface area contributed by atoms with E-state index in [-0.39, 0.29) is 5.92 Å². The molecule has 0 radical (unpaired) electrons. The quantitative estimate of drug-likeness (QED) is 0.794. The smallest absolute Gasteiger partial charge is 0.0839 e. The number of hydrogen-bond donors (Lipinski definition) is 1. The van der Waals surface area contributed by atoms with Crippen LogP contribution in [0.5, 0.6) is 0 Å². The summed E-state index contributed by atoms with van der Waals surface area (Å²) in [5.74, 6) is -0.0792. The normalized spacial score (nSPS) is 19.6. The lowest BCUT2D eigenvalue weighted by atomic mass is 10.00. The Kier molecular flexibility index (Phi) is 6.68. The SMILES string of the molecule is COCCN(CC1CCCN1)CC(C#N)c1ccccc1. The molecule has 4 nitrogen and oxygen atoms in total. The maximum atomic E-state index is 9.49. The highest BCUT2D eigenvalue weighted by Gasteiger charge is 2.21. The minimum atomic E-state index is -0.0792. The summed E-state index contributed by atoms with van der Waals surface area (Å²) >= 11 is 0. The van der Waals surface area contributed by atoms with Gasteiger partial charge in [0.1, 0.15) is 0 Å². The Bertz CT molecular complexity index is 437. The number of nitriles is 1. The fourth-order valence-corrected chi connectivity index (χ4v) is 2.87. The highest BCUT2D eigenvalue weighted by Crippen LogP contribution is 2.17. The zero-order valence-electron chi connectivity index (χ0n) is 12.8. The number of benzene rings is 1. The van der Waals surface area contributed by atoms with Crippen molar-refractivity contribution in [2.24, 2.45) is 0 Å². The lowest BCUT2D eigenvalue weighted by molar-refractivity contribution is 0.140. The van der Waals surface area contributed by atoms with E-state index in [0.717, 1.165) is 31.7 Å². The predicted molar refractivity (Wildman–Crippen MR) is 84.1 cm³/mol. The van der Waals surface area contributed by atoms with E-state index in [1.165, 1.54) is 12.8 Å². The van der Waals surface area contributed by atoms with E-state index in [4.69, 9.17) is 4.74 Å². The maximum absolute atomic E-state index is 9.49. The van der Waals surface area contributed by atoms with Gasteiger partial charge in [-0.15, -0.1) is 0 Å². The zero-order valence-corrected chi connectivity index (χ0v) is 12.8. The van der Waals surface area contributed by atoms with Crippen LogP contribution in [0.15, 0.2) is 30.3 Å². The van der Waals surface area contributed by atoms with Gasteiger partial charge < -0.3 is 10.1 Å². The number of ether oxygens (including phenoxy) is 1. The number of rotatable bonds is 8. The minimum Gasteiger partial charge on any atom is -0.383 e. The van der Waals surface area contributed by atoms with E-state index in [9.17, 15) is 5.26 Å². The number of nitrogens with one attached hydrogen (secondary N) is 1. The second-order valence-electron chi connectivity index (χ2n) is 5.64. The lowest BCUT2D eigenvalue weighted by Gasteiger charge is -2.27. The van der Waals surface area contributed by atoms with E-state index in [1.54, 1.807) is 7.11 Å². The van der Waals surface area contributed by atoms with Crippen molar-refractivity contribution < 1.29 is 4.74 Å². The Morgan fingerprint density at radius 2 is 2.24 bits per heavy atom. The summed E-state index contributed by atoms with van der Waals surface area (Å²) in [6.07, 6.45) is 2.48. The van der Waals surface area contributed by atoms with Crippen LogP contribution in [-0.2, 0) is 4.74 Å². The molecule has 1 N–H and O–H groups in total. The molecule has 0 saturated carbocycles. The summed E-state index contributed by atoms with van der Waals surface area (Å²) < 4.78 is 5.21. The number of nitrogens with zero attached hydrogens (tertiary/aromatic N) is 2. The molecule has 4 heteroatoms. The Hall–Kier alpha value is -1.41. The highest BCUT2D eigenvalue weighted by atomic mass is 16.5. The van der Waals surface area contributed by atoms with E-state index in [1.807, 2.05) is 30.3 Å². The first kappa shape index (κ1) is 16.0. The molecule has 2 atom stereocenters. The van der Waals surface area contributed by atoms with Crippen molar-refractivity contribution >= 4 is 0 Å². The van der Waals surface area contributed by atoms with Crippen molar-refractivity contribution in [3.05, 3.63) is 35.9 Å². The second-order valence-corrected chi connectivity index (χ2v) is 5.64. The van der Waals surface area contributed by atoms with Crippen molar-refractivity contribution in [1.29, 1.82) is 5.26 Å². The second kappa shape index (κ2) is 8.78. The Balaban J connectivity index is 1.96. The third kappa shape index (κ3) is 5.13. The van der Waals surface area contributed by atoms with Crippen LogP contribution in [0.4, 0.5) is 0 Å². The summed E-state index contributed by atoms with van der Waals surface area (Å²) in [4.78, 5) is 2.35. The topological polar surface area (TPSA) is 48.3 Å². The lowest BCUT2D eigenvalue weighted by Crippen LogP contribution is -2.41. The van der Waals surface area contributed by atoms with Crippen LogP contribution in [0.25, 0.3) is 0 Å². The molecular formula is C17H25N3O. The molecule has 0 aromatic heterocycles. The van der Waals surface area contributed by atoms with Gasteiger partial charge in [0.2, 0.25) is 0 Å². The average Bonchev–Trinajstić information content (AvgIpc) is 3.03. The molecule has 0 amide bonds. The monoisotopic (exact) mass is 287 g/mol. The Morgan fingerprint density at radius 3 is 2.86 bits per heavy atom. The van der Waals surface area contributed by atoms with Crippen LogP contribution in [0.1, 0.15) is 24.3 Å². The summed E-state index contributed by atoms with van der Waals surface area (Å²) in [6.45, 7) is 4.46. The molecule has 0 aliphatic carbocycles. The first-order valence-corrected chi connectivity index (χ1v) is 7.72. The fourth-order valence-electron chi connectivity index (χ4n) is 2.87. The van der Waals surface area contributed by atoms with Gasteiger partial charge in [-0.05, 0) is 24.9 Å². The summed E-state index contributed by atoms with van der Waals surface area (Å²) in [5.41, 5.74) is 1.10. The van der Waals surface area contributed by atoms with Crippen LogP contribution < -0.4 is 5.32 Å². The van der Waals surface area contributed by atoms with Crippen LogP contribution in [0.3, 0.4) is 0 Å². The van der Waals surface area contributed by atoms with E-state index >= 15 is 0 Å². The van der Waals surface area contributed by atoms with E-state index < -0.39 is 0 Å². The van der Waals surface area contributed by atoms with Crippen LogP contribution in [0.2, 0.25) is 0 Å². The van der Waals surface area contributed by atoms with Crippen LogP contribution in [0, 0.1) is 11.3 Å². The highest BCUT2D eigenvalue weighted by molar-refractivity contribution is 5.25. The van der Waals surface area contributed by atoms with Crippen molar-refractivity contribution in [2.75, 3.05) is 39.9 Å². The standard InChI is InChI=1S/C17H25N3O/c1-21-11-10-20(14-17-8-5-9-19-17)13-16(12-18)15-6-3-2-4-7-15/h2-4,6-7,16-17,19H,5,8-11,13-14H2,1H3. The first-order chi connectivity index (χ1) is 10.3. The molecule has 1 saturated heterocycles. The van der Waals surface area contributed by atoms with E-state index in [2.05, 4.69) is 16.3 Å². The average molecular weight is 287 g/mol. The molecule has 0 spiro atoms. The molecule has 2 rings (SSSR count). The zero-order chi connectivity index (χ0) is 14.9. The first-order valence-electron chi connectivity index (χ1n) is 7.72. The molecule has 0 bridgehead atoms. The number of hydrogen-bond acceptors (Lipinski definition) is 4. The molecular weight excluding hydrogens is 262 g/mol. The van der Waals surface area contributed by atoms with Crippen molar-refractivity contribution in [1.82, 2.24) is 10.2 Å². The van der Waals surface area contributed by atoms with Crippen molar-refractivity contribution in [3.63, 3.8) is 0 Å². The van der Waals surface area contributed by atoms with Gasteiger partial charge in [-0.3, -0.25) is 4.90 Å². The van der Waals surface area contributed by atoms with Gasteiger partial charge in [0, 0.05) is 32.8 Å². The van der Waals surface area contributed by atoms with Crippen LogP contribution in [-0.4, -0.2) is 50.8 Å². The van der Waals surface area contributed by atoms with Gasteiger partial charge in [-0.1, -0.05) is 30.3 Å². The summed E-state index contributed by atoms with van der Waals surface area (Å²) in [7, 11) is 1.73. The van der Waals surface area contributed by atoms with Crippen LogP contribution >= 0.6 is 0 Å². The molecule has 1 heterocycles. The van der Waals surface area contributed by atoms with Gasteiger partial charge in [0.05, 0.1) is 18.6 Å². The van der Waals surface area contributed by atoms with Gasteiger partial charge in [-0.25, -0.2) is 0 Å². The van der Waals surface area contributed by atoms with Crippen molar-refractivity contribution in [2.45, 2.75) is 24.8 Å². The Labute approximate surface area is 127 Å². The Morgan fingerprint density at radius 1 is 1.43 bits per heavy atom. The molecule has 1 aromatic rings. The third-order valence-electron chi connectivity index (χ3n) is 4.05. The molecule has 1 aliphatic rings. The molecule has 1 fully saturated rings. The summed E-state index contributed by atoms with van der Waals surface area (Å²) in [5, 5.41) is 13.0. The van der Waals surface area contributed by atoms with Gasteiger partial charge in [-0.2, -0.15) is 5.26 Å². The predicted octanol–water partition coefficient (Wildman–Crippen LogP) is 1.99. The molecule has 114 valence electrons. The van der Waals surface area contributed by atoms with Gasteiger partial charge >= 0.3 is 0 Å². The molecule has 2 unspecified atom stereocenters. The van der Waals surface area contributed by atoms with Gasteiger partial charge in [0.25, 0.3) is 0 Å². The van der Waals surface area contributed by atoms with Gasteiger partial charge in [0.15, 0.2) is 0 Å². The minimum absolute atomic E-state index is 0.0792. The molecule has 21 heavy (non-hydrogen) atoms. The maximum Gasteiger partial charge on any atom is 0.0839 e. The summed E-state index contributed by atoms with van der Waals surface area (Å²) in [6, 6.07) is 13.1.